The van der Waals surface area contributed by atoms with E-state index >= 15 is 0 Å². The molecule has 0 aliphatic heterocycles. The Bertz CT molecular complexity index is 330. The molecular weight excluding hydrogens is 244 g/mol. The first-order chi connectivity index (χ1) is 8.85. The van der Waals surface area contributed by atoms with Gasteiger partial charge < -0.3 is 14.5 Å². The number of carbonyl (C=O) groups excluding carboxylic acids is 2. The lowest BCUT2D eigenvalue weighted by atomic mass is 10.3. The lowest BCUT2D eigenvalue weighted by Crippen LogP contribution is -2.37. The minimum atomic E-state index is -0.316. The molecule has 0 aromatic heterocycles. The van der Waals surface area contributed by atoms with Crippen LogP contribution in [0.1, 0.15) is 12.8 Å². The summed E-state index contributed by atoms with van der Waals surface area (Å²) in [5, 5.41) is 2.66. The number of hydrogen-bond acceptors (Lipinski definition) is 3. The maximum absolute atomic E-state index is 11.3. The number of allylic oxidation sites excluding steroid dienone is 1. The third-order valence-corrected chi connectivity index (χ3v) is 2.29. The summed E-state index contributed by atoms with van der Waals surface area (Å²) in [5.41, 5.74) is 0. The highest BCUT2D eigenvalue weighted by Gasteiger charge is 2.07. The normalized spacial score (nSPS) is 11.3. The van der Waals surface area contributed by atoms with Crippen molar-refractivity contribution in [3.05, 3.63) is 24.8 Å². The van der Waals surface area contributed by atoms with E-state index in [1.807, 2.05) is 21.1 Å². The van der Waals surface area contributed by atoms with E-state index in [-0.39, 0.29) is 11.9 Å². The molecule has 108 valence electrons. The van der Waals surface area contributed by atoms with Gasteiger partial charge in [-0.05, 0) is 18.9 Å². The van der Waals surface area contributed by atoms with E-state index in [2.05, 4.69) is 11.9 Å². The van der Waals surface area contributed by atoms with Gasteiger partial charge in [-0.2, -0.15) is 0 Å². The predicted octanol–water partition coefficient (Wildman–Crippen LogP) is 0.874. The molecule has 0 aliphatic rings. The Kier molecular flexibility index (Phi) is 8.53. The van der Waals surface area contributed by atoms with Crippen molar-refractivity contribution in [2.75, 3.05) is 40.8 Å². The van der Waals surface area contributed by atoms with Gasteiger partial charge in [-0.25, -0.2) is 4.79 Å². The topological polar surface area (TPSA) is 55.4 Å². The van der Waals surface area contributed by atoms with Crippen LogP contribution in [0.2, 0.25) is 0 Å². The standard InChI is InChI=1S/C14H24N2O3/c1-5-13(17)15-10-8-6-7-9-14(18)19-12-11-16(2,3)4/h5,7,9H,1,6,8,10-12H2,2-4H3/p+1. The number of ether oxygens (including phenoxy) is 1. The van der Waals surface area contributed by atoms with Crippen LogP contribution in [0.3, 0.4) is 0 Å². The van der Waals surface area contributed by atoms with Crippen LogP contribution in [0.15, 0.2) is 24.8 Å². The van der Waals surface area contributed by atoms with Gasteiger partial charge in [0, 0.05) is 12.6 Å². The van der Waals surface area contributed by atoms with Gasteiger partial charge in [-0.3, -0.25) is 4.79 Å². The zero-order valence-corrected chi connectivity index (χ0v) is 12.1. The van der Waals surface area contributed by atoms with E-state index in [0.29, 0.717) is 13.2 Å². The molecule has 0 aliphatic carbocycles. The van der Waals surface area contributed by atoms with Crippen molar-refractivity contribution in [3.63, 3.8) is 0 Å². The zero-order valence-electron chi connectivity index (χ0n) is 12.1. The Balaban J connectivity index is 3.57. The molecule has 0 unspecified atom stereocenters. The first-order valence-electron chi connectivity index (χ1n) is 6.39. The Morgan fingerprint density at radius 1 is 1.32 bits per heavy atom. The van der Waals surface area contributed by atoms with Gasteiger partial charge in [0.15, 0.2) is 0 Å². The number of carbonyl (C=O) groups is 2. The Morgan fingerprint density at radius 2 is 2.00 bits per heavy atom. The second kappa shape index (κ2) is 9.33. The van der Waals surface area contributed by atoms with Gasteiger partial charge in [-0.15, -0.1) is 0 Å². The molecule has 0 fully saturated rings. The molecule has 1 amide bonds. The minimum Gasteiger partial charge on any atom is -0.457 e. The van der Waals surface area contributed by atoms with Crippen molar-refractivity contribution < 1.29 is 18.8 Å². The average molecular weight is 269 g/mol. The molecule has 1 N–H and O–H groups in total. The van der Waals surface area contributed by atoms with Crippen LogP contribution in [0, 0.1) is 0 Å². The van der Waals surface area contributed by atoms with Crippen LogP contribution in [0.5, 0.6) is 0 Å². The fraction of sp³-hybridized carbons (Fsp3) is 0.571. The molecule has 0 aromatic rings. The van der Waals surface area contributed by atoms with E-state index in [1.165, 1.54) is 12.2 Å². The SMILES string of the molecule is C=CC(=O)NCCCC=CC(=O)OCC[N+](C)(C)C. The van der Waals surface area contributed by atoms with Crippen LogP contribution < -0.4 is 5.32 Å². The van der Waals surface area contributed by atoms with E-state index in [4.69, 9.17) is 4.74 Å². The number of nitrogens with zero attached hydrogens (tertiary/aromatic N) is 1. The largest absolute Gasteiger partial charge is 0.457 e. The highest BCUT2D eigenvalue weighted by atomic mass is 16.5. The van der Waals surface area contributed by atoms with Crippen LogP contribution in [-0.2, 0) is 14.3 Å². The van der Waals surface area contributed by atoms with E-state index in [0.717, 1.165) is 23.9 Å². The first-order valence-corrected chi connectivity index (χ1v) is 6.39. The average Bonchev–Trinajstić information content (AvgIpc) is 2.31. The van der Waals surface area contributed by atoms with Gasteiger partial charge >= 0.3 is 5.97 Å². The fourth-order valence-electron chi connectivity index (χ4n) is 1.15. The first kappa shape index (κ1) is 17.4. The summed E-state index contributed by atoms with van der Waals surface area (Å²) in [4.78, 5) is 22.1. The molecule has 19 heavy (non-hydrogen) atoms. The maximum Gasteiger partial charge on any atom is 0.330 e. The summed E-state index contributed by atoms with van der Waals surface area (Å²) in [7, 11) is 6.13. The van der Waals surface area contributed by atoms with Crippen molar-refractivity contribution in [3.8, 4) is 0 Å². The molecule has 0 heterocycles. The molecule has 0 aromatic carbocycles. The molecule has 5 heteroatoms. The number of nitrogens with one attached hydrogen (secondary N) is 1. The van der Waals surface area contributed by atoms with E-state index in [9.17, 15) is 9.59 Å². The molecule has 0 bridgehead atoms. The van der Waals surface area contributed by atoms with Crippen molar-refractivity contribution in [1.29, 1.82) is 0 Å². The molecule has 0 saturated carbocycles. The summed E-state index contributed by atoms with van der Waals surface area (Å²) < 4.78 is 5.82. The van der Waals surface area contributed by atoms with Crippen molar-refractivity contribution in [1.82, 2.24) is 5.32 Å². The molecule has 0 saturated heterocycles. The summed E-state index contributed by atoms with van der Waals surface area (Å²) >= 11 is 0. The van der Waals surface area contributed by atoms with Gasteiger partial charge in [0.05, 0.1) is 21.1 Å². The number of quaternary nitrogens is 1. The highest BCUT2D eigenvalue weighted by Crippen LogP contribution is 1.93. The Labute approximate surface area is 115 Å². The lowest BCUT2D eigenvalue weighted by Gasteiger charge is -2.23. The molecule has 5 nitrogen and oxygen atoms in total. The number of esters is 1. The summed E-state index contributed by atoms with van der Waals surface area (Å²) in [6.45, 7) is 5.13. The summed E-state index contributed by atoms with van der Waals surface area (Å²) in [6, 6.07) is 0. The monoisotopic (exact) mass is 269 g/mol. The Morgan fingerprint density at radius 3 is 2.58 bits per heavy atom. The van der Waals surface area contributed by atoms with Gasteiger partial charge in [0.1, 0.15) is 13.2 Å². The maximum atomic E-state index is 11.3. The van der Waals surface area contributed by atoms with Crippen molar-refractivity contribution in [2.24, 2.45) is 0 Å². The van der Waals surface area contributed by atoms with Crippen LogP contribution in [0.25, 0.3) is 0 Å². The number of likely N-dealkylation sites (N-methyl/N-ethyl adjacent to an activating group) is 1. The van der Waals surface area contributed by atoms with Crippen molar-refractivity contribution >= 4 is 11.9 Å². The van der Waals surface area contributed by atoms with Crippen LogP contribution >= 0.6 is 0 Å². The second-order valence-electron chi connectivity index (χ2n) is 5.22. The van der Waals surface area contributed by atoms with Crippen LogP contribution in [0.4, 0.5) is 0 Å². The van der Waals surface area contributed by atoms with Gasteiger partial charge in [0.25, 0.3) is 0 Å². The summed E-state index contributed by atoms with van der Waals surface area (Å²) in [6.07, 6.45) is 5.93. The molecule has 0 radical (unpaired) electrons. The van der Waals surface area contributed by atoms with Crippen molar-refractivity contribution in [2.45, 2.75) is 12.8 Å². The van der Waals surface area contributed by atoms with Gasteiger partial charge in [-0.1, -0.05) is 12.7 Å². The van der Waals surface area contributed by atoms with Crippen LogP contribution in [-0.4, -0.2) is 57.2 Å². The molecule has 0 rings (SSSR count). The molecule has 0 atom stereocenters. The smallest absolute Gasteiger partial charge is 0.330 e. The third-order valence-electron chi connectivity index (χ3n) is 2.29. The molecule has 0 spiro atoms. The van der Waals surface area contributed by atoms with E-state index in [1.54, 1.807) is 6.08 Å². The number of rotatable bonds is 9. The highest BCUT2D eigenvalue weighted by molar-refractivity contribution is 5.86. The number of unbranched alkanes of at least 4 members (excludes halogenated alkanes) is 1. The fourth-order valence-corrected chi connectivity index (χ4v) is 1.15. The zero-order chi connectivity index (χ0) is 14.7. The quantitative estimate of drug-likeness (QED) is 0.292. The van der Waals surface area contributed by atoms with E-state index < -0.39 is 0 Å². The third kappa shape index (κ3) is 12.6. The molecular formula is C14H25N2O3+. The predicted molar refractivity (Wildman–Crippen MR) is 75.4 cm³/mol. The Hall–Kier alpha value is -1.62. The lowest BCUT2D eigenvalue weighted by molar-refractivity contribution is -0.870. The second-order valence-corrected chi connectivity index (χ2v) is 5.22. The number of amides is 1. The number of hydrogen-bond donors (Lipinski definition) is 1. The minimum absolute atomic E-state index is 0.177. The summed E-state index contributed by atoms with van der Waals surface area (Å²) in [5.74, 6) is -0.493. The van der Waals surface area contributed by atoms with Gasteiger partial charge in [0.2, 0.25) is 5.91 Å².